The number of hydrogen-bond acceptors (Lipinski definition) is 0. The van der Waals surface area contributed by atoms with E-state index in [0.717, 1.165) is 5.47 Å². The van der Waals surface area contributed by atoms with E-state index < -0.39 is 0 Å². The topological polar surface area (TPSA) is 0 Å². The van der Waals surface area contributed by atoms with Crippen LogP contribution in [0.15, 0.2) is 34.8 Å². The van der Waals surface area contributed by atoms with Crippen molar-refractivity contribution in [3.8, 4) is 0 Å². The van der Waals surface area contributed by atoms with Gasteiger partial charge in [0, 0.05) is 0 Å². The third kappa shape index (κ3) is 1.86. The molecule has 56 valence electrons. The van der Waals surface area contributed by atoms with Crippen molar-refractivity contribution in [1.29, 1.82) is 0 Å². The van der Waals surface area contributed by atoms with Crippen LogP contribution in [0.1, 0.15) is 20.8 Å². The van der Waals surface area contributed by atoms with Crippen molar-refractivity contribution in [2.24, 2.45) is 5.92 Å². The highest BCUT2D eigenvalue weighted by Gasteiger charge is 2.03. The summed E-state index contributed by atoms with van der Waals surface area (Å²) in [5.41, 5.74) is 3.43. The van der Waals surface area contributed by atoms with Crippen LogP contribution in [0.3, 0.4) is 0 Å². The Labute approximate surface area is 70.1 Å². The molecule has 0 aromatic carbocycles. The minimum absolute atomic E-state index is 0.519. The molecular weight excluding hydrogens is 131 g/mol. The molecule has 0 spiro atoms. The molecule has 1 aliphatic rings. The molecular formula is C10H13B. The number of rotatable bonds is 0. The summed E-state index contributed by atoms with van der Waals surface area (Å²) in [5, 5.41) is 0. The Morgan fingerprint density at radius 2 is 2.00 bits per heavy atom. The highest BCUT2D eigenvalue weighted by Crippen LogP contribution is 2.19. The number of hydrogen-bond donors (Lipinski definition) is 0. The molecule has 0 saturated carbocycles. The van der Waals surface area contributed by atoms with Crippen LogP contribution in [0.5, 0.6) is 0 Å². The minimum atomic E-state index is 0.519. The molecule has 0 amide bonds. The van der Waals surface area contributed by atoms with Crippen LogP contribution >= 0.6 is 0 Å². The Kier molecular flexibility index (Phi) is 2.38. The molecule has 1 heteroatoms. The molecule has 0 N–H and O–H groups in total. The molecule has 0 heterocycles. The average Bonchev–Trinajstić information content (AvgIpc) is 2.05. The van der Waals surface area contributed by atoms with Crippen molar-refractivity contribution in [3.05, 3.63) is 34.8 Å². The van der Waals surface area contributed by atoms with E-state index in [1.54, 1.807) is 0 Å². The summed E-state index contributed by atoms with van der Waals surface area (Å²) in [6.45, 7) is 6.35. The number of allylic oxidation sites excluding steroid dienone is 6. The third-order valence-electron chi connectivity index (χ3n) is 2.18. The first-order chi connectivity index (χ1) is 5.11. The minimum Gasteiger partial charge on any atom is -0.0941 e. The monoisotopic (exact) mass is 144 g/mol. The summed E-state index contributed by atoms with van der Waals surface area (Å²) >= 11 is 0. The second kappa shape index (κ2) is 3.12. The maximum absolute atomic E-state index is 5.75. The maximum Gasteiger partial charge on any atom is 0.114 e. The summed E-state index contributed by atoms with van der Waals surface area (Å²) in [6.07, 6.45) is 6.28. The van der Waals surface area contributed by atoms with Gasteiger partial charge >= 0.3 is 0 Å². The summed E-state index contributed by atoms with van der Waals surface area (Å²) < 4.78 is 0. The van der Waals surface area contributed by atoms with Gasteiger partial charge in [-0.1, -0.05) is 41.8 Å². The zero-order valence-corrected chi connectivity index (χ0v) is 7.39. The molecule has 1 unspecified atom stereocenters. The zero-order valence-electron chi connectivity index (χ0n) is 7.39. The first kappa shape index (κ1) is 8.38. The van der Waals surface area contributed by atoms with E-state index in [4.69, 9.17) is 7.85 Å². The van der Waals surface area contributed by atoms with Gasteiger partial charge in [0.15, 0.2) is 0 Å². The van der Waals surface area contributed by atoms with E-state index in [9.17, 15) is 0 Å². The van der Waals surface area contributed by atoms with E-state index in [-0.39, 0.29) is 0 Å². The Morgan fingerprint density at radius 3 is 2.64 bits per heavy atom. The molecule has 0 aliphatic heterocycles. The molecule has 0 bridgehead atoms. The molecule has 1 rings (SSSR count). The molecule has 0 saturated heterocycles. The van der Waals surface area contributed by atoms with Crippen LogP contribution in [0.25, 0.3) is 0 Å². The van der Waals surface area contributed by atoms with Gasteiger partial charge in [0.2, 0.25) is 0 Å². The SMILES string of the molecule is [B]C1=C(C)C=C(C)C(C)C=C1. The maximum atomic E-state index is 5.75. The molecule has 1 atom stereocenters. The molecule has 0 fully saturated rings. The Balaban J connectivity index is 3.04. The van der Waals surface area contributed by atoms with Crippen LogP contribution < -0.4 is 0 Å². The molecule has 0 aromatic heterocycles. The van der Waals surface area contributed by atoms with Gasteiger partial charge < -0.3 is 0 Å². The van der Waals surface area contributed by atoms with Crippen LogP contribution in [0, 0.1) is 5.92 Å². The van der Waals surface area contributed by atoms with E-state index in [2.05, 4.69) is 26.0 Å². The summed E-state index contributed by atoms with van der Waals surface area (Å²) in [6, 6.07) is 0. The lowest BCUT2D eigenvalue weighted by Gasteiger charge is -2.03. The van der Waals surface area contributed by atoms with Crippen molar-refractivity contribution in [2.75, 3.05) is 0 Å². The molecule has 1 aliphatic carbocycles. The predicted octanol–water partition coefficient (Wildman–Crippen LogP) is 2.58. The quantitative estimate of drug-likeness (QED) is 0.458. The highest BCUT2D eigenvalue weighted by atomic mass is 14.1. The van der Waals surface area contributed by atoms with Gasteiger partial charge in [0.1, 0.15) is 7.85 Å². The van der Waals surface area contributed by atoms with Crippen LogP contribution in [-0.4, -0.2) is 7.85 Å². The van der Waals surface area contributed by atoms with Crippen molar-refractivity contribution in [2.45, 2.75) is 20.8 Å². The summed E-state index contributed by atoms with van der Waals surface area (Å²) in [4.78, 5) is 0. The van der Waals surface area contributed by atoms with E-state index >= 15 is 0 Å². The standard InChI is InChI=1S/C10H13B/c1-7-4-5-10(11)9(3)6-8(7)2/h4-7H,1-3H3. The van der Waals surface area contributed by atoms with Crippen LogP contribution in [-0.2, 0) is 0 Å². The highest BCUT2D eigenvalue weighted by molar-refractivity contribution is 6.24. The average molecular weight is 144 g/mol. The van der Waals surface area contributed by atoms with Crippen molar-refractivity contribution in [1.82, 2.24) is 0 Å². The van der Waals surface area contributed by atoms with Crippen molar-refractivity contribution in [3.63, 3.8) is 0 Å². The van der Waals surface area contributed by atoms with Gasteiger partial charge in [-0.25, -0.2) is 0 Å². The summed E-state index contributed by atoms with van der Waals surface area (Å²) in [7, 11) is 5.75. The van der Waals surface area contributed by atoms with Crippen LogP contribution in [0.2, 0.25) is 0 Å². The normalized spacial score (nSPS) is 25.0. The fourth-order valence-electron chi connectivity index (χ4n) is 1.09. The van der Waals surface area contributed by atoms with E-state index in [1.165, 1.54) is 11.1 Å². The summed E-state index contributed by atoms with van der Waals surface area (Å²) in [5.74, 6) is 0.519. The van der Waals surface area contributed by atoms with Gasteiger partial charge in [-0.15, -0.1) is 0 Å². The Morgan fingerprint density at radius 1 is 1.36 bits per heavy atom. The van der Waals surface area contributed by atoms with E-state index in [1.807, 2.05) is 13.0 Å². The fraction of sp³-hybridized carbons (Fsp3) is 0.400. The lowest BCUT2D eigenvalue weighted by atomic mass is 9.91. The molecule has 0 aromatic rings. The first-order valence-electron chi connectivity index (χ1n) is 3.94. The molecule has 11 heavy (non-hydrogen) atoms. The fourth-order valence-corrected chi connectivity index (χ4v) is 1.09. The van der Waals surface area contributed by atoms with Crippen LogP contribution in [0.4, 0.5) is 0 Å². The second-order valence-corrected chi connectivity index (χ2v) is 3.17. The van der Waals surface area contributed by atoms with Gasteiger partial charge in [0.25, 0.3) is 0 Å². The first-order valence-corrected chi connectivity index (χ1v) is 3.94. The second-order valence-electron chi connectivity index (χ2n) is 3.17. The van der Waals surface area contributed by atoms with Gasteiger partial charge in [-0.3, -0.25) is 0 Å². The smallest absolute Gasteiger partial charge is 0.0941 e. The van der Waals surface area contributed by atoms with E-state index in [0.29, 0.717) is 5.92 Å². The lowest BCUT2D eigenvalue weighted by molar-refractivity contribution is 0.864. The van der Waals surface area contributed by atoms with Crippen molar-refractivity contribution >= 4 is 7.85 Å². The lowest BCUT2D eigenvalue weighted by Crippen LogP contribution is -1.89. The van der Waals surface area contributed by atoms with Gasteiger partial charge in [-0.05, 0) is 19.8 Å². The van der Waals surface area contributed by atoms with Gasteiger partial charge in [-0.2, -0.15) is 0 Å². The largest absolute Gasteiger partial charge is 0.114 e. The predicted molar refractivity (Wildman–Crippen MR) is 50.5 cm³/mol. The zero-order chi connectivity index (χ0) is 8.43. The molecule has 2 radical (unpaired) electrons. The molecule has 0 nitrogen and oxygen atoms in total. The Hall–Kier alpha value is -0.715. The Bertz CT molecular complexity index is 244. The third-order valence-corrected chi connectivity index (χ3v) is 2.18. The van der Waals surface area contributed by atoms with Crippen molar-refractivity contribution < 1.29 is 0 Å². The van der Waals surface area contributed by atoms with Gasteiger partial charge in [0.05, 0.1) is 0 Å².